The minimum atomic E-state index is 0.307. The molecule has 1 fully saturated rings. The molecule has 1 aliphatic heterocycles. The van der Waals surface area contributed by atoms with Crippen LogP contribution in [0.2, 0.25) is 0 Å². The molecule has 29 heavy (non-hydrogen) atoms. The van der Waals surface area contributed by atoms with Crippen LogP contribution in [0.25, 0.3) is 0 Å². The molecule has 1 saturated heterocycles. The maximum Gasteiger partial charge on any atom is 0.191 e. The second-order valence-electron chi connectivity index (χ2n) is 7.54. The number of nitrogens with one attached hydrogen (secondary N) is 2. The second kappa shape index (κ2) is 10.9. The summed E-state index contributed by atoms with van der Waals surface area (Å²) in [4.78, 5) is 6.95. The molecule has 2 N–H and O–H groups in total. The number of aromatic nitrogens is 2. The van der Waals surface area contributed by atoms with E-state index in [1.165, 1.54) is 24.0 Å². The lowest BCUT2D eigenvalue weighted by molar-refractivity contribution is 0.245. The molecule has 0 amide bonds. The molecule has 3 rings (SSSR count). The zero-order chi connectivity index (χ0) is 20.5. The van der Waals surface area contributed by atoms with Crippen LogP contribution in [0.15, 0.2) is 41.7 Å². The Morgan fingerprint density at radius 2 is 2.10 bits per heavy atom. The van der Waals surface area contributed by atoms with Crippen LogP contribution in [0, 0.1) is 0 Å². The fourth-order valence-corrected chi connectivity index (χ4v) is 3.87. The number of ether oxygens (including phenoxy) is 1. The second-order valence-corrected chi connectivity index (χ2v) is 7.54. The van der Waals surface area contributed by atoms with Gasteiger partial charge in [-0.05, 0) is 62.0 Å². The minimum absolute atomic E-state index is 0.307. The van der Waals surface area contributed by atoms with Gasteiger partial charge >= 0.3 is 0 Å². The summed E-state index contributed by atoms with van der Waals surface area (Å²) >= 11 is 0. The number of nitrogens with zero attached hydrogens (tertiary/aromatic N) is 4. The molecule has 1 unspecified atom stereocenters. The highest BCUT2D eigenvalue weighted by molar-refractivity contribution is 5.79. The van der Waals surface area contributed by atoms with E-state index in [1.807, 2.05) is 31.0 Å². The lowest BCUT2D eigenvalue weighted by atomic mass is 10.1. The predicted octanol–water partition coefficient (Wildman–Crippen LogP) is 2.36. The monoisotopic (exact) mass is 398 g/mol. The molecule has 0 bridgehead atoms. The molecule has 0 aliphatic carbocycles. The molecule has 7 heteroatoms. The van der Waals surface area contributed by atoms with Crippen LogP contribution >= 0.6 is 0 Å². The lowest BCUT2D eigenvalue weighted by Gasteiger charge is -2.29. The number of guanidine groups is 1. The summed E-state index contributed by atoms with van der Waals surface area (Å²) in [6.45, 7) is 3.97. The number of likely N-dealkylation sites (tertiary alicyclic amines) is 1. The van der Waals surface area contributed by atoms with Gasteiger partial charge in [0.25, 0.3) is 0 Å². The van der Waals surface area contributed by atoms with Gasteiger partial charge in [0.2, 0.25) is 0 Å². The highest BCUT2D eigenvalue weighted by Gasteiger charge is 2.24. The zero-order valence-electron chi connectivity index (χ0n) is 17.9. The first-order chi connectivity index (χ1) is 14.2. The van der Waals surface area contributed by atoms with Crippen molar-refractivity contribution in [2.75, 3.05) is 40.3 Å². The topological polar surface area (TPSA) is 66.7 Å². The number of aliphatic imine (C=N–C) groups is 1. The maximum atomic E-state index is 5.44. The number of rotatable bonds is 9. The number of benzene rings is 1. The Morgan fingerprint density at radius 3 is 2.79 bits per heavy atom. The van der Waals surface area contributed by atoms with Gasteiger partial charge in [-0.1, -0.05) is 12.1 Å². The Balaban J connectivity index is 1.52. The first-order valence-electron chi connectivity index (χ1n) is 10.5. The van der Waals surface area contributed by atoms with Crippen LogP contribution in [0.5, 0.6) is 5.75 Å². The zero-order valence-corrected chi connectivity index (χ0v) is 17.9. The third kappa shape index (κ3) is 6.22. The lowest BCUT2D eigenvalue weighted by Crippen LogP contribution is -2.43. The molecule has 0 spiro atoms. The molecule has 1 aliphatic rings. The molecular formula is C22H34N6O. The van der Waals surface area contributed by atoms with Gasteiger partial charge in [0.15, 0.2) is 5.96 Å². The summed E-state index contributed by atoms with van der Waals surface area (Å²) < 4.78 is 7.28. The van der Waals surface area contributed by atoms with Gasteiger partial charge in [0.05, 0.1) is 19.3 Å². The average molecular weight is 399 g/mol. The summed E-state index contributed by atoms with van der Waals surface area (Å²) in [7, 11) is 5.50. The van der Waals surface area contributed by atoms with Crippen LogP contribution < -0.4 is 15.4 Å². The first kappa shape index (κ1) is 21.2. The van der Waals surface area contributed by atoms with Crippen LogP contribution in [-0.4, -0.2) is 61.0 Å². The predicted molar refractivity (Wildman–Crippen MR) is 117 cm³/mol. The molecule has 0 radical (unpaired) electrons. The largest absolute Gasteiger partial charge is 0.497 e. The molecule has 7 nitrogen and oxygen atoms in total. The Hall–Kier alpha value is -2.54. The summed E-state index contributed by atoms with van der Waals surface area (Å²) in [5.74, 6) is 1.76. The van der Waals surface area contributed by atoms with E-state index in [-0.39, 0.29) is 0 Å². The Morgan fingerprint density at radius 1 is 1.28 bits per heavy atom. The molecular weight excluding hydrogens is 364 g/mol. The summed E-state index contributed by atoms with van der Waals surface area (Å²) in [5, 5.41) is 11.2. The van der Waals surface area contributed by atoms with Crippen LogP contribution in [0.3, 0.4) is 0 Å². The van der Waals surface area contributed by atoms with Crippen molar-refractivity contribution in [3.8, 4) is 5.75 Å². The van der Waals surface area contributed by atoms with E-state index in [4.69, 9.17) is 4.74 Å². The fourth-order valence-electron chi connectivity index (χ4n) is 3.87. The quantitative estimate of drug-likeness (QED) is 0.386. The molecule has 2 aromatic rings. The van der Waals surface area contributed by atoms with E-state index in [9.17, 15) is 0 Å². The highest BCUT2D eigenvalue weighted by Crippen LogP contribution is 2.27. The molecule has 158 valence electrons. The highest BCUT2D eigenvalue weighted by atomic mass is 16.5. The van der Waals surface area contributed by atoms with Crippen molar-refractivity contribution in [3.63, 3.8) is 0 Å². The maximum absolute atomic E-state index is 5.44. The third-order valence-electron chi connectivity index (χ3n) is 5.44. The van der Waals surface area contributed by atoms with E-state index >= 15 is 0 Å². The number of hydrogen-bond donors (Lipinski definition) is 2. The Kier molecular flexibility index (Phi) is 7.93. The third-order valence-corrected chi connectivity index (χ3v) is 5.44. The fraction of sp³-hybridized carbons (Fsp3) is 0.545. The summed E-state index contributed by atoms with van der Waals surface area (Å²) in [6.07, 6.45) is 8.59. The van der Waals surface area contributed by atoms with Crippen LogP contribution in [0.4, 0.5) is 0 Å². The van der Waals surface area contributed by atoms with Crippen molar-refractivity contribution in [1.82, 2.24) is 25.3 Å². The standard InChI is InChI=1S/C22H34N6O/c1-23-22(24-11-7-8-18-15-26-27(2)17-18)25-16-21(28-12-4-5-13-28)19-9-6-10-20(14-19)29-3/h6,9-10,14-15,17,21H,4-5,7-8,11-13,16H2,1-3H3,(H2,23,24,25). The number of hydrogen-bond acceptors (Lipinski definition) is 4. The summed E-state index contributed by atoms with van der Waals surface area (Å²) in [5.41, 5.74) is 2.55. The average Bonchev–Trinajstić information content (AvgIpc) is 3.42. The van der Waals surface area contributed by atoms with Crippen molar-refractivity contribution in [1.29, 1.82) is 0 Å². The molecule has 1 atom stereocenters. The SMILES string of the molecule is CN=C(NCCCc1cnn(C)c1)NCC(c1cccc(OC)c1)N1CCCC1. The number of methoxy groups -OCH3 is 1. The molecule has 1 aromatic carbocycles. The Bertz CT molecular complexity index is 781. The molecule has 0 saturated carbocycles. The Labute approximate surface area is 174 Å². The molecule has 1 aromatic heterocycles. The van der Waals surface area contributed by atoms with Crippen molar-refractivity contribution >= 4 is 5.96 Å². The van der Waals surface area contributed by atoms with Gasteiger partial charge in [-0.15, -0.1) is 0 Å². The van der Waals surface area contributed by atoms with Gasteiger partial charge in [0, 0.05) is 33.4 Å². The van der Waals surface area contributed by atoms with Crippen molar-refractivity contribution in [2.45, 2.75) is 31.7 Å². The number of aryl methyl sites for hydroxylation is 2. The first-order valence-corrected chi connectivity index (χ1v) is 10.5. The van der Waals surface area contributed by atoms with Gasteiger partial charge < -0.3 is 15.4 Å². The van der Waals surface area contributed by atoms with Gasteiger partial charge in [0.1, 0.15) is 5.75 Å². The van der Waals surface area contributed by atoms with Crippen molar-refractivity contribution in [3.05, 3.63) is 47.8 Å². The molecule has 2 heterocycles. The van der Waals surface area contributed by atoms with Gasteiger partial charge in [-0.3, -0.25) is 14.6 Å². The van der Waals surface area contributed by atoms with E-state index in [1.54, 1.807) is 7.11 Å². The van der Waals surface area contributed by atoms with E-state index in [2.05, 4.69) is 50.0 Å². The van der Waals surface area contributed by atoms with Crippen molar-refractivity contribution < 1.29 is 4.74 Å². The van der Waals surface area contributed by atoms with Crippen molar-refractivity contribution in [2.24, 2.45) is 12.0 Å². The van der Waals surface area contributed by atoms with E-state index in [0.29, 0.717) is 6.04 Å². The summed E-state index contributed by atoms with van der Waals surface area (Å²) in [6, 6.07) is 8.72. The van der Waals surface area contributed by atoms with Crippen LogP contribution in [-0.2, 0) is 13.5 Å². The minimum Gasteiger partial charge on any atom is -0.497 e. The van der Waals surface area contributed by atoms with Gasteiger partial charge in [-0.2, -0.15) is 5.10 Å². The smallest absolute Gasteiger partial charge is 0.191 e. The normalized spacial score (nSPS) is 16.0. The van der Waals surface area contributed by atoms with Crippen LogP contribution in [0.1, 0.15) is 36.4 Å². The van der Waals surface area contributed by atoms with Gasteiger partial charge in [-0.25, -0.2) is 0 Å². The van der Waals surface area contributed by atoms with E-state index < -0.39 is 0 Å². The van der Waals surface area contributed by atoms with E-state index in [0.717, 1.165) is 50.7 Å².